The Hall–Kier alpha value is -1.75. The number of hydrogen-bond donors (Lipinski definition) is 1. The van der Waals surface area contributed by atoms with Gasteiger partial charge in [-0.25, -0.2) is 0 Å². The van der Waals surface area contributed by atoms with E-state index in [9.17, 15) is 4.79 Å². The molecular formula is C18H27N3O2. The van der Waals surface area contributed by atoms with E-state index in [0.29, 0.717) is 12.3 Å². The number of ether oxygens (including phenoxy) is 1. The smallest absolute Gasteiger partial charge is 0.223 e. The molecule has 3 rings (SSSR count). The molecule has 0 aromatic heterocycles. The molecule has 1 amide bonds. The van der Waals surface area contributed by atoms with Gasteiger partial charge in [-0.3, -0.25) is 4.79 Å². The van der Waals surface area contributed by atoms with Crippen molar-refractivity contribution in [3.8, 4) is 5.75 Å². The first-order chi connectivity index (χ1) is 11.2. The molecule has 5 nitrogen and oxygen atoms in total. The Labute approximate surface area is 138 Å². The molecule has 1 aliphatic carbocycles. The molecule has 1 aromatic carbocycles. The van der Waals surface area contributed by atoms with E-state index in [1.54, 1.807) is 7.11 Å². The number of para-hydroxylation sites is 2. The molecule has 1 saturated carbocycles. The Kier molecular flexibility index (Phi) is 5.06. The van der Waals surface area contributed by atoms with Crippen molar-refractivity contribution in [3.63, 3.8) is 0 Å². The summed E-state index contributed by atoms with van der Waals surface area (Å²) in [4.78, 5) is 16.8. The number of anilines is 1. The second-order valence-corrected chi connectivity index (χ2v) is 6.60. The summed E-state index contributed by atoms with van der Waals surface area (Å²) in [6.45, 7) is 3.25. The lowest BCUT2D eigenvalue weighted by atomic mass is 9.99. The molecule has 2 aliphatic rings. The zero-order valence-corrected chi connectivity index (χ0v) is 13.9. The van der Waals surface area contributed by atoms with Crippen LogP contribution in [0.1, 0.15) is 25.7 Å². The molecule has 23 heavy (non-hydrogen) atoms. The van der Waals surface area contributed by atoms with E-state index in [4.69, 9.17) is 10.5 Å². The molecule has 2 fully saturated rings. The normalized spacial score (nSPS) is 24.8. The molecule has 5 heteroatoms. The van der Waals surface area contributed by atoms with E-state index in [2.05, 4.69) is 11.0 Å². The summed E-state index contributed by atoms with van der Waals surface area (Å²) in [6, 6.07) is 8.28. The first-order valence-electron chi connectivity index (χ1n) is 8.60. The summed E-state index contributed by atoms with van der Waals surface area (Å²) in [5, 5.41) is 0. The van der Waals surface area contributed by atoms with Gasteiger partial charge in [-0.2, -0.15) is 0 Å². The van der Waals surface area contributed by atoms with Crippen molar-refractivity contribution in [2.45, 2.75) is 31.7 Å². The predicted molar refractivity (Wildman–Crippen MR) is 91.7 cm³/mol. The van der Waals surface area contributed by atoms with Crippen LogP contribution in [-0.4, -0.2) is 50.1 Å². The van der Waals surface area contributed by atoms with Crippen molar-refractivity contribution in [3.05, 3.63) is 24.3 Å². The Balaban J connectivity index is 1.54. The highest BCUT2D eigenvalue weighted by Gasteiger charge is 2.29. The van der Waals surface area contributed by atoms with E-state index in [1.165, 1.54) is 6.42 Å². The number of carbonyl (C=O) groups is 1. The van der Waals surface area contributed by atoms with Crippen LogP contribution < -0.4 is 15.4 Å². The minimum absolute atomic E-state index is 0.216. The topological polar surface area (TPSA) is 58.8 Å². The van der Waals surface area contributed by atoms with E-state index in [0.717, 1.165) is 50.5 Å². The molecule has 2 atom stereocenters. The monoisotopic (exact) mass is 317 g/mol. The summed E-state index contributed by atoms with van der Waals surface area (Å²) in [5.41, 5.74) is 7.20. The Bertz CT molecular complexity index is 541. The highest BCUT2D eigenvalue weighted by atomic mass is 16.5. The fraction of sp³-hybridized carbons (Fsp3) is 0.611. The highest BCUT2D eigenvalue weighted by molar-refractivity contribution is 5.77. The highest BCUT2D eigenvalue weighted by Crippen LogP contribution is 2.30. The summed E-state index contributed by atoms with van der Waals surface area (Å²) in [7, 11) is 1.70. The van der Waals surface area contributed by atoms with E-state index < -0.39 is 0 Å². The lowest BCUT2D eigenvalue weighted by molar-refractivity contribution is -0.132. The number of carbonyl (C=O) groups excluding carboxylic acids is 1. The van der Waals surface area contributed by atoms with Crippen LogP contribution in [0.2, 0.25) is 0 Å². The molecule has 1 heterocycles. The van der Waals surface area contributed by atoms with Gasteiger partial charge in [0.15, 0.2) is 0 Å². The number of piperazine rings is 1. The molecule has 0 unspecified atom stereocenters. The molecule has 0 bridgehead atoms. The number of nitrogens with zero attached hydrogens (tertiary/aromatic N) is 2. The fourth-order valence-electron chi connectivity index (χ4n) is 3.76. The average Bonchev–Trinajstić information content (AvgIpc) is 3.00. The number of hydrogen-bond acceptors (Lipinski definition) is 4. The SMILES string of the molecule is COc1ccccc1N1CCN(C(=O)C[C@@H]2CCC[C@H]2N)CC1. The van der Waals surface area contributed by atoms with Crippen LogP contribution in [0, 0.1) is 5.92 Å². The van der Waals surface area contributed by atoms with Gasteiger partial charge >= 0.3 is 0 Å². The van der Waals surface area contributed by atoms with Crippen molar-refractivity contribution in [1.82, 2.24) is 4.90 Å². The van der Waals surface area contributed by atoms with Crippen LogP contribution in [0.25, 0.3) is 0 Å². The van der Waals surface area contributed by atoms with Gasteiger partial charge in [0.2, 0.25) is 5.91 Å². The van der Waals surface area contributed by atoms with Gasteiger partial charge in [-0.15, -0.1) is 0 Å². The minimum Gasteiger partial charge on any atom is -0.495 e. The van der Waals surface area contributed by atoms with Crippen LogP contribution in [0.3, 0.4) is 0 Å². The van der Waals surface area contributed by atoms with Crippen LogP contribution >= 0.6 is 0 Å². The first kappa shape index (κ1) is 16.1. The zero-order valence-electron chi connectivity index (χ0n) is 13.9. The predicted octanol–water partition coefficient (Wildman–Crippen LogP) is 1.86. The van der Waals surface area contributed by atoms with Crippen molar-refractivity contribution in [1.29, 1.82) is 0 Å². The number of rotatable bonds is 4. The molecule has 1 aromatic rings. The van der Waals surface area contributed by atoms with Crippen molar-refractivity contribution < 1.29 is 9.53 Å². The number of amides is 1. The molecule has 1 aliphatic heterocycles. The van der Waals surface area contributed by atoms with E-state index >= 15 is 0 Å². The maximum Gasteiger partial charge on any atom is 0.223 e. The minimum atomic E-state index is 0.216. The second-order valence-electron chi connectivity index (χ2n) is 6.60. The lowest BCUT2D eigenvalue weighted by Gasteiger charge is -2.37. The van der Waals surface area contributed by atoms with E-state index in [1.807, 2.05) is 23.1 Å². The average molecular weight is 317 g/mol. The largest absolute Gasteiger partial charge is 0.495 e. The number of benzene rings is 1. The fourth-order valence-corrected chi connectivity index (χ4v) is 3.76. The van der Waals surface area contributed by atoms with Gasteiger partial charge < -0.3 is 20.3 Å². The lowest BCUT2D eigenvalue weighted by Crippen LogP contribution is -2.49. The van der Waals surface area contributed by atoms with Gasteiger partial charge in [0.05, 0.1) is 12.8 Å². The summed E-state index contributed by atoms with van der Waals surface area (Å²) in [6.07, 6.45) is 3.96. The third-order valence-corrected chi connectivity index (χ3v) is 5.21. The Morgan fingerprint density at radius 2 is 1.96 bits per heavy atom. The number of nitrogens with two attached hydrogens (primary N) is 1. The molecule has 2 N–H and O–H groups in total. The third-order valence-electron chi connectivity index (χ3n) is 5.21. The Morgan fingerprint density at radius 3 is 2.61 bits per heavy atom. The van der Waals surface area contributed by atoms with Crippen LogP contribution in [-0.2, 0) is 4.79 Å². The third kappa shape index (κ3) is 3.61. The van der Waals surface area contributed by atoms with Gasteiger partial charge in [0.1, 0.15) is 5.75 Å². The summed E-state index contributed by atoms with van der Waals surface area (Å²) >= 11 is 0. The van der Waals surface area contributed by atoms with Crippen LogP contribution in [0.4, 0.5) is 5.69 Å². The standard InChI is InChI=1S/C18H27N3O2/c1-23-17-8-3-2-7-16(17)20-9-11-21(12-10-20)18(22)13-14-5-4-6-15(14)19/h2-3,7-8,14-15H,4-6,9-13,19H2,1H3/t14-,15+/m0/s1. The molecule has 0 spiro atoms. The maximum absolute atomic E-state index is 12.5. The van der Waals surface area contributed by atoms with Crippen LogP contribution in [0.15, 0.2) is 24.3 Å². The summed E-state index contributed by atoms with van der Waals surface area (Å²) < 4.78 is 5.44. The van der Waals surface area contributed by atoms with Gasteiger partial charge in [-0.05, 0) is 30.9 Å². The van der Waals surface area contributed by atoms with Gasteiger partial charge in [0.25, 0.3) is 0 Å². The first-order valence-corrected chi connectivity index (χ1v) is 8.60. The van der Waals surface area contributed by atoms with E-state index in [-0.39, 0.29) is 11.9 Å². The molecular weight excluding hydrogens is 290 g/mol. The van der Waals surface area contributed by atoms with Crippen molar-refractivity contribution >= 4 is 11.6 Å². The zero-order chi connectivity index (χ0) is 16.2. The van der Waals surface area contributed by atoms with Crippen molar-refractivity contribution in [2.24, 2.45) is 11.7 Å². The summed E-state index contributed by atoms with van der Waals surface area (Å²) in [5.74, 6) is 1.55. The second kappa shape index (κ2) is 7.21. The van der Waals surface area contributed by atoms with Crippen molar-refractivity contribution in [2.75, 3.05) is 38.2 Å². The van der Waals surface area contributed by atoms with Gasteiger partial charge in [0, 0.05) is 38.6 Å². The Morgan fingerprint density at radius 1 is 1.22 bits per heavy atom. The molecule has 0 radical (unpaired) electrons. The molecule has 1 saturated heterocycles. The number of methoxy groups -OCH3 is 1. The van der Waals surface area contributed by atoms with Crippen LogP contribution in [0.5, 0.6) is 5.75 Å². The maximum atomic E-state index is 12.5. The van der Waals surface area contributed by atoms with Gasteiger partial charge in [-0.1, -0.05) is 18.6 Å². The molecule has 126 valence electrons. The quantitative estimate of drug-likeness (QED) is 0.921.